The van der Waals surface area contributed by atoms with Gasteiger partial charge >= 0.3 is 5.97 Å². The number of nitrogens with one attached hydrogen (secondary N) is 1. The smallest absolute Gasteiger partial charge is 0.354 e. The molecule has 2 N–H and O–H groups in total. The van der Waals surface area contributed by atoms with Crippen molar-refractivity contribution in [3.8, 4) is 11.4 Å². The Labute approximate surface area is 124 Å². The lowest BCUT2D eigenvalue weighted by atomic mass is 10.0. The summed E-state index contributed by atoms with van der Waals surface area (Å²) in [5.41, 5.74) is 1.68. The second kappa shape index (κ2) is 5.38. The van der Waals surface area contributed by atoms with Gasteiger partial charge in [-0.1, -0.05) is 11.6 Å². The Bertz CT molecular complexity index is 736. The average Bonchev–Trinajstić information content (AvgIpc) is 2.46. The first-order valence-electron chi connectivity index (χ1n) is 6.35. The predicted octanol–water partition coefficient (Wildman–Crippen LogP) is 2.28. The van der Waals surface area contributed by atoms with E-state index >= 15 is 0 Å². The number of fused-ring (bicyclic) bond motifs is 1. The van der Waals surface area contributed by atoms with E-state index in [4.69, 9.17) is 11.6 Å². The average molecular weight is 308 g/mol. The van der Waals surface area contributed by atoms with Gasteiger partial charge in [-0.05, 0) is 31.2 Å². The number of benzene rings is 1. The summed E-state index contributed by atoms with van der Waals surface area (Å²) < 4.78 is 13.1. The maximum absolute atomic E-state index is 13.1. The molecule has 1 aliphatic rings. The van der Waals surface area contributed by atoms with Crippen molar-refractivity contribution in [2.24, 2.45) is 0 Å². The number of aromatic nitrogens is 2. The molecule has 0 unspecified atom stereocenters. The molecule has 2 heterocycles. The van der Waals surface area contributed by atoms with Gasteiger partial charge in [0.25, 0.3) is 0 Å². The van der Waals surface area contributed by atoms with Crippen LogP contribution in [-0.4, -0.2) is 27.6 Å². The summed E-state index contributed by atoms with van der Waals surface area (Å²) in [5.74, 6) is -1.38. The van der Waals surface area contributed by atoms with Gasteiger partial charge in [0.15, 0.2) is 11.5 Å². The van der Waals surface area contributed by atoms with E-state index in [2.05, 4.69) is 15.3 Å². The molecule has 108 valence electrons. The van der Waals surface area contributed by atoms with Crippen molar-refractivity contribution in [1.82, 2.24) is 15.3 Å². The zero-order chi connectivity index (χ0) is 15.0. The van der Waals surface area contributed by atoms with Crippen LogP contribution in [0.15, 0.2) is 18.2 Å². The van der Waals surface area contributed by atoms with Crippen LogP contribution in [0.5, 0.6) is 0 Å². The lowest BCUT2D eigenvalue weighted by Gasteiger charge is -2.18. The van der Waals surface area contributed by atoms with Crippen LogP contribution < -0.4 is 5.32 Å². The molecule has 0 saturated heterocycles. The van der Waals surface area contributed by atoms with Crippen molar-refractivity contribution in [3.05, 3.63) is 46.0 Å². The minimum absolute atomic E-state index is 0.0168. The second-order valence-electron chi connectivity index (χ2n) is 4.68. The van der Waals surface area contributed by atoms with E-state index in [0.717, 1.165) is 6.07 Å². The van der Waals surface area contributed by atoms with Crippen LogP contribution in [0, 0.1) is 5.82 Å². The number of carboxylic acids is 1. The zero-order valence-electron chi connectivity index (χ0n) is 10.9. The van der Waals surface area contributed by atoms with Crippen molar-refractivity contribution in [2.75, 3.05) is 6.54 Å². The van der Waals surface area contributed by atoms with Crippen LogP contribution >= 0.6 is 11.6 Å². The first kappa shape index (κ1) is 13.9. The van der Waals surface area contributed by atoms with Gasteiger partial charge in [0.1, 0.15) is 5.82 Å². The number of rotatable bonds is 2. The third kappa shape index (κ3) is 2.59. The molecular formula is C14H11ClFN3O2. The molecule has 0 atom stereocenters. The number of halogens is 2. The molecule has 0 saturated carbocycles. The quantitative estimate of drug-likeness (QED) is 0.890. The Balaban J connectivity index is 2.19. The van der Waals surface area contributed by atoms with Crippen molar-refractivity contribution in [1.29, 1.82) is 0 Å². The molecule has 3 rings (SSSR count). The monoisotopic (exact) mass is 307 g/mol. The normalized spacial score (nSPS) is 13.8. The summed E-state index contributed by atoms with van der Waals surface area (Å²) in [4.78, 5) is 19.9. The number of carboxylic acid groups (broad SMARTS) is 1. The van der Waals surface area contributed by atoms with Crippen LogP contribution in [0.1, 0.15) is 21.7 Å². The van der Waals surface area contributed by atoms with Gasteiger partial charge < -0.3 is 10.4 Å². The van der Waals surface area contributed by atoms with E-state index in [-0.39, 0.29) is 16.5 Å². The lowest BCUT2D eigenvalue weighted by Crippen LogP contribution is -2.27. The molecule has 0 amide bonds. The molecule has 0 radical (unpaired) electrons. The molecule has 0 aliphatic carbocycles. The largest absolute Gasteiger partial charge is 0.476 e. The summed E-state index contributed by atoms with van der Waals surface area (Å²) in [7, 11) is 0. The summed E-state index contributed by atoms with van der Waals surface area (Å²) in [6.07, 6.45) is 0.564. The number of aromatic carboxylic acids is 1. The topological polar surface area (TPSA) is 75.1 Å². The second-order valence-corrected chi connectivity index (χ2v) is 5.08. The number of hydrogen-bond acceptors (Lipinski definition) is 4. The number of carbonyl (C=O) groups is 1. The highest BCUT2D eigenvalue weighted by atomic mass is 35.5. The van der Waals surface area contributed by atoms with Crippen molar-refractivity contribution < 1.29 is 14.3 Å². The Hall–Kier alpha value is -2.05. The van der Waals surface area contributed by atoms with Gasteiger partial charge in [0, 0.05) is 17.7 Å². The Morgan fingerprint density at radius 2 is 2.19 bits per heavy atom. The molecule has 7 heteroatoms. The van der Waals surface area contributed by atoms with E-state index < -0.39 is 11.8 Å². The minimum Gasteiger partial charge on any atom is -0.476 e. The van der Waals surface area contributed by atoms with E-state index in [1.807, 2.05) is 0 Å². The fourth-order valence-corrected chi connectivity index (χ4v) is 2.58. The van der Waals surface area contributed by atoms with Crippen LogP contribution in [0.3, 0.4) is 0 Å². The van der Waals surface area contributed by atoms with Crippen molar-refractivity contribution >= 4 is 17.6 Å². The molecule has 0 fully saturated rings. The molecule has 5 nitrogen and oxygen atoms in total. The Morgan fingerprint density at radius 1 is 1.38 bits per heavy atom. The predicted molar refractivity (Wildman–Crippen MR) is 74.8 cm³/mol. The van der Waals surface area contributed by atoms with Crippen LogP contribution in [0.25, 0.3) is 11.4 Å². The van der Waals surface area contributed by atoms with E-state index in [1.54, 1.807) is 0 Å². The summed E-state index contributed by atoms with van der Waals surface area (Å²) in [6.45, 7) is 1.16. The third-order valence-electron chi connectivity index (χ3n) is 3.31. The molecule has 1 aliphatic heterocycles. The first-order valence-corrected chi connectivity index (χ1v) is 6.73. The Kier molecular flexibility index (Phi) is 3.57. The maximum Gasteiger partial charge on any atom is 0.354 e. The van der Waals surface area contributed by atoms with E-state index in [0.29, 0.717) is 36.3 Å². The molecule has 21 heavy (non-hydrogen) atoms. The highest BCUT2D eigenvalue weighted by molar-refractivity contribution is 6.33. The Morgan fingerprint density at radius 3 is 2.90 bits per heavy atom. The van der Waals surface area contributed by atoms with Gasteiger partial charge in [0.2, 0.25) is 0 Å². The molecule has 1 aromatic carbocycles. The minimum atomic E-state index is -1.10. The highest BCUT2D eigenvalue weighted by Gasteiger charge is 2.22. The van der Waals surface area contributed by atoms with Crippen molar-refractivity contribution in [2.45, 2.75) is 13.0 Å². The highest BCUT2D eigenvalue weighted by Crippen LogP contribution is 2.28. The fourth-order valence-electron chi connectivity index (χ4n) is 2.33. The molecule has 0 spiro atoms. The first-order chi connectivity index (χ1) is 10.1. The molecule has 0 bridgehead atoms. The molecule has 1 aromatic heterocycles. The van der Waals surface area contributed by atoms with Crippen molar-refractivity contribution in [3.63, 3.8) is 0 Å². The van der Waals surface area contributed by atoms with Gasteiger partial charge in [-0.3, -0.25) is 0 Å². The fraction of sp³-hybridized carbons (Fsp3) is 0.214. The van der Waals surface area contributed by atoms with Gasteiger partial charge in [-0.25, -0.2) is 19.2 Å². The standard InChI is InChI=1S/C14H11ClFN3O2/c15-10-5-7(16)1-2-8(10)13-18-11-6-17-4-3-9(11)12(19-13)14(20)21/h1-2,5,17H,3-4,6H2,(H,20,21). The van der Waals surface area contributed by atoms with Crippen LogP contribution in [-0.2, 0) is 13.0 Å². The SMILES string of the molecule is O=C(O)c1nc(-c2ccc(F)cc2Cl)nc2c1CCNC2. The molecule has 2 aromatic rings. The van der Waals surface area contributed by atoms with Gasteiger partial charge in [-0.2, -0.15) is 0 Å². The van der Waals surface area contributed by atoms with Gasteiger partial charge in [0.05, 0.1) is 10.7 Å². The van der Waals surface area contributed by atoms with Crippen LogP contribution in [0.2, 0.25) is 5.02 Å². The van der Waals surface area contributed by atoms with E-state index in [1.165, 1.54) is 12.1 Å². The number of hydrogen-bond donors (Lipinski definition) is 2. The lowest BCUT2D eigenvalue weighted by molar-refractivity contribution is 0.0688. The molecular weight excluding hydrogens is 297 g/mol. The summed E-state index contributed by atoms with van der Waals surface area (Å²) >= 11 is 6.00. The zero-order valence-corrected chi connectivity index (χ0v) is 11.6. The van der Waals surface area contributed by atoms with E-state index in [9.17, 15) is 14.3 Å². The summed E-state index contributed by atoms with van der Waals surface area (Å²) in [6, 6.07) is 3.84. The third-order valence-corrected chi connectivity index (χ3v) is 3.62. The maximum atomic E-state index is 13.1. The summed E-state index contributed by atoms with van der Waals surface area (Å²) in [5, 5.41) is 12.6. The number of nitrogens with zero attached hydrogens (tertiary/aromatic N) is 2. The van der Waals surface area contributed by atoms with Gasteiger partial charge in [-0.15, -0.1) is 0 Å². The van der Waals surface area contributed by atoms with Crippen LogP contribution in [0.4, 0.5) is 4.39 Å².